The predicted molar refractivity (Wildman–Crippen MR) is 163 cm³/mol. The Morgan fingerprint density at radius 2 is 0.936 bits per heavy atom. The minimum atomic E-state index is -4.67. The molecule has 0 aromatic heterocycles. The summed E-state index contributed by atoms with van der Waals surface area (Å²) in [5.41, 5.74) is 12.6. The Hall–Kier alpha value is -4.95. The van der Waals surface area contributed by atoms with Gasteiger partial charge in [0.15, 0.2) is 0 Å². The van der Waals surface area contributed by atoms with Gasteiger partial charge in [0.1, 0.15) is 12.1 Å². The van der Waals surface area contributed by atoms with Crippen molar-refractivity contribution in [1.29, 1.82) is 0 Å². The van der Waals surface area contributed by atoms with Crippen molar-refractivity contribution in [2.24, 2.45) is 11.5 Å². The van der Waals surface area contributed by atoms with Crippen molar-refractivity contribution in [1.82, 2.24) is 10.6 Å². The third-order valence-electron chi connectivity index (χ3n) is 5.63. The van der Waals surface area contributed by atoms with E-state index in [2.05, 4.69) is 20.1 Å². The van der Waals surface area contributed by atoms with Gasteiger partial charge in [-0.25, -0.2) is 9.59 Å². The van der Waals surface area contributed by atoms with Crippen molar-refractivity contribution in [3.8, 4) is 0 Å². The van der Waals surface area contributed by atoms with E-state index < -0.39 is 83.1 Å². The van der Waals surface area contributed by atoms with E-state index in [1.807, 2.05) is 36.4 Å². The smallest absolute Gasteiger partial charge is 0.394 e. The summed E-state index contributed by atoms with van der Waals surface area (Å²) in [7, 11) is -2.24. The second-order valence-corrected chi connectivity index (χ2v) is 10.3. The van der Waals surface area contributed by atoms with E-state index in [0.717, 1.165) is 11.1 Å². The lowest BCUT2D eigenvalue weighted by molar-refractivity contribution is -0.146. The second-order valence-electron chi connectivity index (χ2n) is 9.40. The van der Waals surface area contributed by atoms with E-state index >= 15 is 0 Å². The number of hydrogen-bond donors (Lipinski definition) is 8. The quantitative estimate of drug-likeness (QED) is 0.0848. The van der Waals surface area contributed by atoms with Crippen LogP contribution in [0, 0.1) is 0 Å². The number of esters is 2. The molecule has 0 saturated heterocycles. The second kappa shape index (κ2) is 21.7. The number of nitrogens with two attached hydrogens (primary N) is 2. The molecule has 260 valence electrons. The maximum Gasteiger partial charge on any atom is 0.394 e. The van der Waals surface area contributed by atoms with Crippen LogP contribution in [0.25, 0.3) is 0 Å². The molecule has 0 aliphatic rings. The minimum absolute atomic E-state index is 0.235. The fourth-order valence-electron chi connectivity index (χ4n) is 3.49. The van der Waals surface area contributed by atoms with Crippen molar-refractivity contribution < 1.29 is 66.0 Å². The van der Waals surface area contributed by atoms with Crippen molar-refractivity contribution >= 4 is 46.1 Å². The molecule has 0 unspecified atom stereocenters. The van der Waals surface area contributed by atoms with E-state index in [1.54, 1.807) is 24.3 Å². The molecule has 2 aromatic carbocycles. The lowest BCUT2D eigenvalue weighted by atomic mass is 10.1. The molecule has 19 heteroatoms. The minimum Gasteiger partial charge on any atom is -0.481 e. The van der Waals surface area contributed by atoms with Crippen LogP contribution < -0.4 is 22.1 Å². The van der Waals surface area contributed by atoms with Gasteiger partial charge in [-0.15, -0.1) is 0 Å². The van der Waals surface area contributed by atoms with E-state index in [-0.39, 0.29) is 12.8 Å². The molecule has 0 radical (unpaired) electrons. The van der Waals surface area contributed by atoms with Crippen LogP contribution in [0.1, 0.15) is 24.0 Å². The van der Waals surface area contributed by atoms with Gasteiger partial charge < -0.3 is 41.8 Å². The van der Waals surface area contributed by atoms with Gasteiger partial charge in [-0.3, -0.25) is 28.3 Å². The molecule has 10 N–H and O–H groups in total. The Morgan fingerprint density at radius 1 is 0.660 bits per heavy atom. The topological polar surface area (TPSA) is 312 Å². The summed E-state index contributed by atoms with van der Waals surface area (Å²) in [5.74, 6) is -5.01. The van der Waals surface area contributed by atoms with E-state index in [1.165, 1.54) is 14.2 Å². The molecule has 2 rings (SSSR count). The van der Waals surface area contributed by atoms with Crippen molar-refractivity contribution in [2.75, 3.05) is 14.2 Å². The Balaban J connectivity index is 0.000000787. The summed E-state index contributed by atoms with van der Waals surface area (Å²) < 4.78 is 40.9. The number of nitrogens with one attached hydrogen (secondary N) is 2. The van der Waals surface area contributed by atoms with Crippen LogP contribution in [0.15, 0.2) is 60.7 Å². The third-order valence-corrected chi connectivity index (χ3v) is 5.63. The van der Waals surface area contributed by atoms with Gasteiger partial charge in [0.25, 0.3) is 0 Å². The van der Waals surface area contributed by atoms with Gasteiger partial charge in [-0.05, 0) is 11.1 Å². The third kappa shape index (κ3) is 20.7. The summed E-state index contributed by atoms with van der Waals surface area (Å²) in [5, 5.41) is 22.1. The van der Waals surface area contributed by atoms with Crippen molar-refractivity contribution in [3.63, 3.8) is 0 Å². The zero-order chi connectivity index (χ0) is 36.2. The van der Waals surface area contributed by atoms with Gasteiger partial charge >= 0.3 is 34.3 Å². The Kier molecular flexibility index (Phi) is 19.4. The molecular formula is C28H38N4O14S. The monoisotopic (exact) mass is 686 g/mol. The van der Waals surface area contributed by atoms with Crippen LogP contribution in [-0.4, -0.2) is 102 Å². The number of ether oxygens (including phenoxy) is 2. The Morgan fingerprint density at radius 3 is 1.17 bits per heavy atom. The molecule has 2 amide bonds. The zero-order valence-corrected chi connectivity index (χ0v) is 26.2. The van der Waals surface area contributed by atoms with Gasteiger partial charge in [0.2, 0.25) is 11.8 Å². The standard InChI is InChI=1S/2C14H18N2O5.H2O4S/c2*1-21-14(20)11(7-9-5-3-2-4-6-9)16-13(19)10(15)8-12(17)18;1-5(2,3)4/h2*2-6,10-11H,7-8,15H2,1H3,(H,16,19)(H,17,18);(H2,1,2,3,4)/t2*10-,11-;/m00./s1. The summed E-state index contributed by atoms with van der Waals surface area (Å²) >= 11 is 0. The summed E-state index contributed by atoms with van der Waals surface area (Å²) in [6.07, 6.45) is -0.547. The maximum absolute atomic E-state index is 11.8. The van der Waals surface area contributed by atoms with Gasteiger partial charge in [-0.2, -0.15) is 8.42 Å². The number of amides is 2. The highest BCUT2D eigenvalue weighted by Gasteiger charge is 2.27. The number of carbonyl (C=O) groups is 6. The molecule has 0 aliphatic carbocycles. The lowest BCUT2D eigenvalue weighted by Gasteiger charge is -2.18. The number of hydrogen-bond acceptors (Lipinski definition) is 12. The molecule has 0 bridgehead atoms. The van der Waals surface area contributed by atoms with Crippen LogP contribution in [-0.2, 0) is 61.5 Å². The largest absolute Gasteiger partial charge is 0.481 e. The molecule has 0 saturated carbocycles. The van der Waals surface area contributed by atoms with Gasteiger partial charge in [0.05, 0.1) is 39.1 Å². The number of carbonyl (C=O) groups excluding carboxylic acids is 4. The van der Waals surface area contributed by atoms with Gasteiger partial charge in [0, 0.05) is 12.8 Å². The first-order valence-electron chi connectivity index (χ1n) is 13.4. The molecule has 47 heavy (non-hydrogen) atoms. The molecule has 18 nitrogen and oxygen atoms in total. The first-order chi connectivity index (χ1) is 21.9. The fourth-order valence-corrected chi connectivity index (χ4v) is 3.49. The van der Waals surface area contributed by atoms with Gasteiger partial charge in [-0.1, -0.05) is 60.7 Å². The first kappa shape index (κ1) is 42.0. The number of carboxylic acids is 2. The summed E-state index contributed by atoms with van der Waals surface area (Å²) in [6, 6.07) is 13.9. The Labute approximate surface area is 270 Å². The fraction of sp³-hybridized carbons (Fsp3) is 0.357. The summed E-state index contributed by atoms with van der Waals surface area (Å²) in [4.78, 5) is 68.0. The van der Waals surface area contributed by atoms with Crippen LogP contribution in [0.5, 0.6) is 0 Å². The van der Waals surface area contributed by atoms with E-state index in [9.17, 15) is 28.8 Å². The number of rotatable bonds is 14. The van der Waals surface area contributed by atoms with E-state index in [4.69, 9.17) is 39.2 Å². The number of carboxylic acid groups (broad SMARTS) is 2. The van der Waals surface area contributed by atoms with Crippen LogP contribution in [0.2, 0.25) is 0 Å². The lowest BCUT2D eigenvalue weighted by Crippen LogP contribution is -2.50. The average molecular weight is 687 g/mol. The van der Waals surface area contributed by atoms with Crippen molar-refractivity contribution in [2.45, 2.75) is 49.9 Å². The maximum atomic E-state index is 11.8. The predicted octanol–water partition coefficient (Wildman–Crippen LogP) is -1.27. The first-order valence-corrected chi connectivity index (χ1v) is 14.8. The number of aliphatic carboxylic acids is 2. The number of methoxy groups -OCH3 is 2. The highest BCUT2D eigenvalue weighted by atomic mass is 32.3. The zero-order valence-electron chi connectivity index (χ0n) is 25.3. The highest BCUT2D eigenvalue weighted by Crippen LogP contribution is 2.06. The molecule has 0 spiro atoms. The van der Waals surface area contributed by atoms with Crippen LogP contribution in [0.3, 0.4) is 0 Å². The highest BCUT2D eigenvalue weighted by molar-refractivity contribution is 7.79. The molecule has 0 fully saturated rings. The van der Waals surface area contributed by atoms with E-state index in [0.29, 0.717) is 0 Å². The van der Waals surface area contributed by atoms with Crippen molar-refractivity contribution in [3.05, 3.63) is 71.8 Å². The van der Waals surface area contributed by atoms with Crippen LogP contribution >= 0.6 is 0 Å². The molecule has 2 aromatic rings. The number of benzene rings is 2. The summed E-state index contributed by atoms with van der Waals surface area (Å²) in [6.45, 7) is 0. The van der Waals surface area contributed by atoms with Crippen LogP contribution in [0.4, 0.5) is 0 Å². The Bertz CT molecular complexity index is 1320. The molecule has 4 atom stereocenters. The molecular weight excluding hydrogens is 648 g/mol. The molecule has 0 heterocycles. The average Bonchev–Trinajstić information content (AvgIpc) is 2.99. The normalized spacial score (nSPS) is 12.9. The SMILES string of the molecule is COC(=O)[C@H](Cc1ccccc1)NC(=O)[C@@H](N)CC(=O)O.COC(=O)[C@H](Cc1ccccc1)NC(=O)[C@@H](N)CC(=O)O.O=S(=O)(O)O. The molecule has 0 aliphatic heterocycles.